The lowest BCUT2D eigenvalue weighted by molar-refractivity contribution is 0.698. The van der Waals surface area contributed by atoms with Crippen LogP contribution in [0.1, 0.15) is 49.5 Å². The maximum Gasteiger partial charge on any atom is 0.107 e. The Labute approximate surface area is 84.2 Å². The number of rotatable bonds is 3. The van der Waals surface area contributed by atoms with Crippen LogP contribution in [0.15, 0.2) is 6.20 Å². The molecule has 0 radical (unpaired) electrons. The van der Waals surface area contributed by atoms with Crippen LogP contribution in [0.3, 0.4) is 0 Å². The quantitative estimate of drug-likeness (QED) is 0.794. The fourth-order valence-electron chi connectivity index (χ4n) is 2.12. The molecule has 14 heavy (non-hydrogen) atoms. The van der Waals surface area contributed by atoms with Crippen LogP contribution in [-0.4, -0.2) is 9.97 Å². The maximum atomic E-state index is 8.45. The van der Waals surface area contributed by atoms with Crippen molar-refractivity contribution in [3.8, 4) is 6.07 Å². The summed E-state index contributed by atoms with van der Waals surface area (Å²) >= 11 is 0. The number of aromatic amines is 1. The lowest BCUT2D eigenvalue weighted by atomic mass is 10.1. The molecule has 1 aliphatic carbocycles. The Balaban J connectivity index is 1.98. The van der Waals surface area contributed by atoms with Crippen molar-refractivity contribution in [2.24, 2.45) is 0 Å². The molecule has 0 amide bonds. The standard InChI is InChI=1S/C11H15N3/c12-7-3-6-11-13-8-10(14-11)9-4-1-2-5-9/h8-9H,1-6H2,(H,13,14). The highest BCUT2D eigenvalue weighted by atomic mass is 14.9. The summed E-state index contributed by atoms with van der Waals surface area (Å²) in [6.07, 6.45) is 8.53. The van der Waals surface area contributed by atoms with Crippen LogP contribution in [0.5, 0.6) is 0 Å². The summed E-state index contributed by atoms with van der Waals surface area (Å²) in [6, 6.07) is 2.13. The molecule has 74 valence electrons. The molecule has 0 saturated heterocycles. The van der Waals surface area contributed by atoms with Crippen LogP contribution in [0.25, 0.3) is 0 Å². The van der Waals surface area contributed by atoms with Gasteiger partial charge in [0.1, 0.15) is 5.82 Å². The molecule has 0 bridgehead atoms. The Morgan fingerprint density at radius 2 is 2.29 bits per heavy atom. The minimum atomic E-state index is 0.553. The first-order chi connectivity index (χ1) is 6.90. The van der Waals surface area contributed by atoms with Gasteiger partial charge < -0.3 is 4.98 Å². The largest absolute Gasteiger partial charge is 0.346 e. The Hall–Kier alpha value is -1.30. The third-order valence-corrected chi connectivity index (χ3v) is 2.92. The van der Waals surface area contributed by atoms with E-state index in [1.165, 1.54) is 31.4 Å². The summed E-state index contributed by atoms with van der Waals surface area (Å²) in [7, 11) is 0. The molecule has 1 heterocycles. The highest BCUT2D eigenvalue weighted by Gasteiger charge is 2.18. The zero-order valence-electron chi connectivity index (χ0n) is 8.29. The van der Waals surface area contributed by atoms with E-state index in [9.17, 15) is 0 Å². The summed E-state index contributed by atoms with van der Waals surface area (Å²) in [4.78, 5) is 7.62. The first-order valence-electron chi connectivity index (χ1n) is 5.31. The van der Waals surface area contributed by atoms with E-state index in [4.69, 9.17) is 5.26 Å². The van der Waals surface area contributed by atoms with Crippen molar-refractivity contribution in [2.45, 2.75) is 44.4 Å². The third kappa shape index (κ3) is 1.95. The number of hydrogen-bond acceptors (Lipinski definition) is 2. The number of aryl methyl sites for hydroxylation is 1. The number of nitriles is 1. The summed E-state index contributed by atoms with van der Waals surface area (Å²) in [5.74, 6) is 1.66. The molecule has 0 atom stereocenters. The second kappa shape index (κ2) is 4.28. The average Bonchev–Trinajstić information content (AvgIpc) is 2.85. The Kier molecular flexibility index (Phi) is 2.83. The first-order valence-corrected chi connectivity index (χ1v) is 5.31. The predicted molar refractivity (Wildman–Crippen MR) is 53.7 cm³/mol. The number of H-pyrrole nitrogens is 1. The van der Waals surface area contributed by atoms with Crippen LogP contribution < -0.4 is 0 Å². The van der Waals surface area contributed by atoms with Gasteiger partial charge in [-0.1, -0.05) is 12.8 Å². The van der Waals surface area contributed by atoms with Gasteiger partial charge in [0.05, 0.1) is 6.07 Å². The second-order valence-corrected chi connectivity index (χ2v) is 3.92. The normalized spacial score (nSPS) is 17.1. The van der Waals surface area contributed by atoms with Crippen molar-refractivity contribution in [1.82, 2.24) is 9.97 Å². The summed E-state index contributed by atoms with van der Waals surface area (Å²) < 4.78 is 0. The van der Waals surface area contributed by atoms with E-state index in [1.54, 1.807) is 0 Å². The van der Waals surface area contributed by atoms with Crippen LogP contribution >= 0.6 is 0 Å². The molecule has 3 heteroatoms. The predicted octanol–water partition coefficient (Wildman–Crippen LogP) is 2.52. The zero-order chi connectivity index (χ0) is 9.80. The molecular formula is C11H15N3. The molecule has 1 aromatic rings. The number of hydrogen-bond donors (Lipinski definition) is 1. The van der Waals surface area contributed by atoms with Crippen LogP contribution in [0.4, 0.5) is 0 Å². The minimum absolute atomic E-state index is 0.553. The number of nitrogens with zero attached hydrogens (tertiary/aromatic N) is 2. The molecule has 0 aromatic carbocycles. The number of aromatic nitrogens is 2. The van der Waals surface area contributed by atoms with Crippen molar-refractivity contribution < 1.29 is 0 Å². The molecule has 1 aromatic heterocycles. The second-order valence-electron chi connectivity index (χ2n) is 3.92. The van der Waals surface area contributed by atoms with Gasteiger partial charge in [0.15, 0.2) is 0 Å². The molecule has 1 fully saturated rings. The minimum Gasteiger partial charge on any atom is -0.346 e. The molecule has 3 nitrogen and oxygen atoms in total. The average molecular weight is 189 g/mol. The molecule has 1 aliphatic rings. The van der Waals surface area contributed by atoms with Gasteiger partial charge in [0.2, 0.25) is 0 Å². The third-order valence-electron chi connectivity index (χ3n) is 2.92. The van der Waals surface area contributed by atoms with Crippen molar-refractivity contribution in [3.05, 3.63) is 17.7 Å². The fraction of sp³-hybridized carbons (Fsp3) is 0.636. The van der Waals surface area contributed by atoms with Crippen molar-refractivity contribution >= 4 is 0 Å². The Bertz CT molecular complexity index is 329. The van der Waals surface area contributed by atoms with Crippen molar-refractivity contribution in [1.29, 1.82) is 5.26 Å². The topological polar surface area (TPSA) is 52.5 Å². The van der Waals surface area contributed by atoms with E-state index in [-0.39, 0.29) is 0 Å². The van der Waals surface area contributed by atoms with Gasteiger partial charge >= 0.3 is 0 Å². The number of imidazole rings is 1. The van der Waals surface area contributed by atoms with Gasteiger partial charge in [-0.05, 0) is 12.8 Å². The summed E-state index contributed by atoms with van der Waals surface area (Å²) in [5.41, 5.74) is 1.27. The summed E-state index contributed by atoms with van der Waals surface area (Å²) in [6.45, 7) is 0. The lowest BCUT2D eigenvalue weighted by Gasteiger charge is -2.03. The van der Waals surface area contributed by atoms with Crippen LogP contribution in [0, 0.1) is 11.3 Å². The maximum absolute atomic E-state index is 8.45. The van der Waals surface area contributed by atoms with Gasteiger partial charge in [-0.3, -0.25) is 0 Å². The Morgan fingerprint density at radius 3 is 3.00 bits per heavy atom. The fourth-order valence-corrected chi connectivity index (χ4v) is 2.12. The molecule has 1 N–H and O–H groups in total. The van der Waals surface area contributed by atoms with Crippen LogP contribution in [0.2, 0.25) is 0 Å². The van der Waals surface area contributed by atoms with E-state index in [2.05, 4.69) is 16.0 Å². The van der Waals surface area contributed by atoms with Gasteiger partial charge in [0.25, 0.3) is 0 Å². The highest BCUT2D eigenvalue weighted by molar-refractivity contribution is 5.09. The molecule has 1 saturated carbocycles. The van der Waals surface area contributed by atoms with Gasteiger partial charge in [-0.25, -0.2) is 4.98 Å². The molecule has 0 unspecified atom stereocenters. The van der Waals surface area contributed by atoms with Gasteiger partial charge in [-0.2, -0.15) is 5.26 Å². The monoisotopic (exact) mass is 189 g/mol. The van der Waals surface area contributed by atoms with Gasteiger partial charge in [-0.15, -0.1) is 0 Å². The van der Waals surface area contributed by atoms with Gasteiger partial charge in [0, 0.05) is 30.7 Å². The first kappa shape index (κ1) is 9.26. The van der Waals surface area contributed by atoms with E-state index in [1.807, 2.05) is 6.20 Å². The smallest absolute Gasteiger partial charge is 0.107 e. The van der Waals surface area contributed by atoms with Crippen molar-refractivity contribution in [2.75, 3.05) is 0 Å². The Morgan fingerprint density at radius 1 is 1.50 bits per heavy atom. The van der Waals surface area contributed by atoms with Crippen molar-refractivity contribution in [3.63, 3.8) is 0 Å². The lowest BCUT2D eigenvalue weighted by Crippen LogP contribution is -1.93. The summed E-state index contributed by atoms with van der Waals surface area (Å²) in [5, 5.41) is 8.45. The highest BCUT2D eigenvalue weighted by Crippen LogP contribution is 2.32. The molecule has 0 aliphatic heterocycles. The van der Waals surface area contributed by atoms with E-state index in [0.717, 1.165) is 12.2 Å². The SMILES string of the molecule is N#CCCc1ncc(C2CCCC2)[nH]1. The van der Waals surface area contributed by atoms with E-state index < -0.39 is 0 Å². The van der Waals surface area contributed by atoms with E-state index in [0.29, 0.717) is 12.3 Å². The molecule has 2 rings (SSSR count). The van der Waals surface area contributed by atoms with Crippen LogP contribution in [-0.2, 0) is 6.42 Å². The molecular weight excluding hydrogens is 174 g/mol. The van der Waals surface area contributed by atoms with E-state index >= 15 is 0 Å². The number of nitrogens with one attached hydrogen (secondary N) is 1. The zero-order valence-corrected chi connectivity index (χ0v) is 8.29. The molecule has 0 spiro atoms.